The van der Waals surface area contributed by atoms with Crippen LogP contribution in [-0.4, -0.2) is 38.6 Å². The van der Waals surface area contributed by atoms with Gasteiger partial charge in [0.25, 0.3) is 0 Å². The van der Waals surface area contributed by atoms with Crippen LogP contribution in [0.1, 0.15) is 17.3 Å². The molecule has 0 amide bonds. The quantitative estimate of drug-likeness (QED) is 0.703. The van der Waals surface area contributed by atoms with Crippen LogP contribution in [0.15, 0.2) is 21.5 Å². The number of hydrogen-bond donors (Lipinski definition) is 2. The fourth-order valence-corrected chi connectivity index (χ4v) is 3.15. The predicted octanol–water partition coefficient (Wildman–Crippen LogP) is 1.64. The maximum Gasteiger partial charge on any atom is 0.337 e. The smallest absolute Gasteiger partial charge is 0.337 e. The number of aromatic carboxylic acids is 1. The third kappa shape index (κ3) is 4.67. The van der Waals surface area contributed by atoms with Crippen molar-refractivity contribution in [3.05, 3.63) is 27.2 Å². The summed E-state index contributed by atoms with van der Waals surface area (Å²) >= 11 is 8.75. The first kappa shape index (κ1) is 17.9. The molecule has 21 heavy (non-hydrogen) atoms. The number of carboxylic acid groups (broad SMARTS) is 1. The summed E-state index contributed by atoms with van der Waals surface area (Å²) in [7, 11) is -4.07. The van der Waals surface area contributed by atoms with E-state index in [1.165, 1.54) is 0 Å². The van der Waals surface area contributed by atoms with Gasteiger partial charge < -0.3 is 9.84 Å². The SMILES string of the molecule is CCOC(=O)CNS(=O)(=O)c1cc(Br)c(Cl)c(C(=O)O)c1. The molecule has 0 unspecified atom stereocenters. The number of benzene rings is 1. The molecule has 1 aromatic rings. The highest BCUT2D eigenvalue weighted by molar-refractivity contribution is 9.10. The Morgan fingerprint density at radius 3 is 2.57 bits per heavy atom. The molecule has 0 aliphatic heterocycles. The number of halogens is 2. The molecule has 0 atom stereocenters. The third-order valence-corrected chi connectivity index (χ3v) is 4.90. The monoisotopic (exact) mass is 399 g/mol. The van der Waals surface area contributed by atoms with Gasteiger partial charge in [0.2, 0.25) is 10.0 Å². The van der Waals surface area contributed by atoms with Gasteiger partial charge in [-0.1, -0.05) is 11.6 Å². The zero-order chi connectivity index (χ0) is 16.2. The van der Waals surface area contributed by atoms with E-state index in [2.05, 4.69) is 20.7 Å². The van der Waals surface area contributed by atoms with Gasteiger partial charge in [0.05, 0.1) is 22.1 Å². The molecule has 0 fully saturated rings. The van der Waals surface area contributed by atoms with Crippen LogP contribution in [0, 0.1) is 0 Å². The van der Waals surface area contributed by atoms with Crippen LogP contribution in [0.25, 0.3) is 0 Å². The van der Waals surface area contributed by atoms with E-state index in [4.69, 9.17) is 16.7 Å². The van der Waals surface area contributed by atoms with Gasteiger partial charge >= 0.3 is 11.9 Å². The first-order valence-corrected chi connectivity index (χ1v) is 8.22. The highest BCUT2D eigenvalue weighted by Gasteiger charge is 2.21. The second-order valence-corrected chi connectivity index (χ2v) is 6.70. The number of carboxylic acids is 1. The molecule has 116 valence electrons. The standard InChI is InChI=1S/C11H11BrClNO6S/c1-2-20-9(15)5-14-21(18,19)6-3-7(11(16)17)10(13)8(12)4-6/h3-4,14H,2,5H2,1H3,(H,16,17). The van der Waals surface area contributed by atoms with Gasteiger partial charge in [-0.25, -0.2) is 13.2 Å². The average Bonchev–Trinajstić information content (AvgIpc) is 2.39. The molecule has 1 aromatic carbocycles. The van der Waals surface area contributed by atoms with E-state index in [9.17, 15) is 18.0 Å². The van der Waals surface area contributed by atoms with E-state index < -0.39 is 28.5 Å². The van der Waals surface area contributed by atoms with E-state index in [0.29, 0.717) is 0 Å². The van der Waals surface area contributed by atoms with Crippen molar-refractivity contribution in [1.82, 2.24) is 4.72 Å². The molecule has 10 heteroatoms. The summed E-state index contributed by atoms with van der Waals surface area (Å²) in [5.74, 6) is -2.12. The molecule has 0 bridgehead atoms. The van der Waals surface area contributed by atoms with Gasteiger partial charge in [-0.2, -0.15) is 4.72 Å². The van der Waals surface area contributed by atoms with Crippen LogP contribution >= 0.6 is 27.5 Å². The lowest BCUT2D eigenvalue weighted by Gasteiger charge is -2.09. The fourth-order valence-electron chi connectivity index (χ4n) is 1.32. The van der Waals surface area contributed by atoms with Crippen molar-refractivity contribution in [3.63, 3.8) is 0 Å². The summed E-state index contributed by atoms with van der Waals surface area (Å²) in [4.78, 5) is 21.8. The molecule has 0 saturated heterocycles. The number of nitrogens with one attached hydrogen (secondary N) is 1. The first-order valence-electron chi connectivity index (χ1n) is 5.56. The molecule has 0 aromatic heterocycles. The summed E-state index contributed by atoms with van der Waals surface area (Å²) in [6.45, 7) is 1.15. The van der Waals surface area contributed by atoms with Crippen LogP contribution in [0.4, 0.5) is 0 Å². The first-order chi connectivity index (χ1) is 9.69. The van der Waals surface area contributed by atoms with E-state index in [1.54, 1.807) is 6.92 Å². The number of rotatable bonds is 6. The Balaban J connectivity index is 3.09. The van der Waals surface area contributed by atoms with E-state index in [-0.39, 0.29) is 26.6 Å². The Hall–Kier alpha value is -1.16. The second kappa shape index (κ2) is 7.21. The van der Waals surface area contributed by atoms with Crippen LogP contribution in [0.3, 0.4) is 0 Å². The van der Waals surface area contributed by atoms with Crippen molar-refractivity contribution in [3.8, 4) is 0 Å². The van der Waals surface area contributed by atoms with Gasteiger partial charge in [-0.3, -0.25) is 4.79 Å². The van der Waals surface area contributed by atoms with Crippen LogP contribution in [-0.2, 0) is 19.6 Å². The second-order valence-electron chi connectivity index (χ2n) is 3.70. The average molecular weight is 401 g/mol. The van der Waals surface area contributed by atoms with Crippen LogP contribution in [0.2, 0.25) is 5.02 Å². The summed E-state index contributed by atoms with van der Waals surface area (Å²) in [5.41, 5.74) is -0.373. The minimum absolute atomic E-state index is 0.112. The number of ether oxygens (including phenoxy) is 1. The van der Waals surface area contributed by atoms with E-state index >= 15 is 0 Å². The summed E-state index contributed by atoms with van der Waals surface area (Å²) in [6, 6.07) is 2.05. The van der Waals surface area contributed by atoms with Gasteiger partial charge in [-0.15, -0.1) is 0 Å². The van der Waals surface area contributed by atoms with Crippen molar-refractivity contribution >= 4 is 49.5 Å². The summed E-state index contributed by atoms with van der Waals surface area (Å²) < 4.78 is 30.7. The predicted molar refractivity (Wildman–Crippen MR) is 77.9 cm³/mol. The van der Waals surface area contributed by atoms with Crippen LogP contribution in [0.5, 0.6) is 0 Å². The van der Waals surface area contributed by atoms with Crippen molar-refractivity contribution in [2.75, 3.05) is 13.2 Å². The van der Waals surface area contributed by atoms with E-state index in [1.807, 2.05) is 4.72 Å². The minimum Gasteiger partial charge on any atom is -0.478 e. The molecular formula is C11H11BrClNO6S. The Morgan fingerprint density at radius 1 is 1.43 bits per heavy atom. The van der Waals surface area contributed by atoms with Crippen molar-refractivity contribution in [1.29, 1.82) is 0 Å². The lowest BCUT2D eigenvalue weighted by atomic mass is 10.2. The maximum atomic E-state index is 12.0. The molecule has 0 radical (unpaired) electrons. The summed E-state index contributed by atoms with van der Waals surface area (Å²) in [6.07, 6.45) is 0. The molecule has 0 aliphatic carbocycles. The molecule has 2 N–H and O–H groups in total. The molecule has 0 aliphatic rings. The largest absolute Gasteiger partial charge is 0.478 e. The number of carbonyl (C=O) groups excluding carboxylic acids is 1. The highest BCUT2D eigenvalue weighted by Crippen LogP contribution is 2.29. The Morgan fingerprint density at radius 2 is 2.05 bits per heavy atom. The minimum atomic E-state index is -4.07. The fraction of sp³-hybridized carbons (Fsp3) is 0.273. The van der Waals surface area contributed by atoms with Gasteiger partial charge in [0.1, 0.15) is 6.54 Å². The third-order valence-electron chi connectivity index (χ3n) is 2.25. The normalized spacial score (nSPS) is 11.2. The Kier molecular flexibility index (Phi) is 6.14. The molecule has 0 saturated carbocycles. The lowest BCUT2D eigenvalue weighted by Crippen LogP contribution is -2.30. The van der Waals surface area contributed by atoms with Gasteiger partial charge in [0, 0.05) is 4.47 Å². The van der Waals surface area contributed by atoms with Gasteiger partial charge in [-0.05, 0) is 35.0 Å². The van der Waals surface area contributed by atoms with Crippen molar-refractivity contribution < 1.29 is 27.9 Å². The van der Waals surface area contributed by atoms with Crippen molar-refractivity contribution in [2.45, 2.75) is 11.8 Å². The van der Waals surface area contributed by atoms with E-state index in [0.717, 1.165) is 12.1 Å². The number of carbonyl (C=O) groups is 2. The highest BCUT2D eigenvalue weighted by atomic mass is 79.9. The number of sulfonamides is 1. The Labute approximate surface area is 134 Å². The zero-order valence-corrected chi connectivity index (χ0v) is 13.9. The van der Waals surface area contributed by atoms with Gasteiger partial charge in [0.15, 0.2) is 0 Å². The topological polar surface area (TPSA) is 110 Å². The zero-order valence-electron chi connectivity index (χ0n) is 10.7. The molecule has 7 nitrogen and oxygen atoms in total. The number of hydrogen-bond acceptors (Lipinski definition) is 5. The lowest BCUT2D eigenvalue weighted by molar-refractivity contribution is -0.141. The molecule has 1 rings (SSSR count). The Bertz CT molecular complexity index is 676. The molecular weight excluding hydrogens is 390 g/mol. The molecule has 0 heterocycles. The number of esters is 1. The molecule has 0 spiro atoms. The maximum absolute atomic E-state index is 12.0. The van der Waals surface area contributed by atoms with Crippen LogP contribution < -0.4 is 4.72 Å². The van der Waals surface area contributed by atoms with Crippen molar-refractivity contribution in [2.24, 2.45) is 0 Å². The summed E-state index contributed by atoms with van der Waals surface area (Å²) in [5, 5.41) is 8.86.